The van der Waals surface area contributed by atoms with Gasteiger partial charge in [0, 0.05) is 17.6 Å². The zero-order chi connectivity index (χ0) is 21.0. The summed E-state index contributed by atoms with van der Waals surface area (Å²) in [6.45, 7) is 2.37. The Morgan fingerprint density at radius 2 is 1.69 bits per heavy atom. The van der Waals surface area contributed by atoms with Crippen LogP contribution in [0, 0.1) is 5.92 Å². The van der Waals surface area contributed by atoms with E-state index in [4.69, 9.17) is 16.3 Å². The number of carbonyl (C=O) groups excluding carboxylic acids is 1. The number of sulfonamides is 1. The summed E-state index contributed by atoms with van der Waals surface area (Å²) in [5, 5.41) is 0.500. The molecule has 0 heterocycles. The van der Waals surface area contributed by atoms with E-state index >= 15 is 0 Å². The minimum Gasteiger partial charge on any atom is -0.465 e. The standard InChI is InChI=1S/C22H26ClNO4S/c1-16-5-3-4-6-21(16)24(29(26,27)20-13-11-19(23)12-14-20)15-17-7-9-18(10-8-17)22(25)28-2/h7-14,16,21H,3-6,15H2,1-2H3. The molecule has 2 aromatic rings. The van der Waals surface area contributed by atoms with E-state index in [9.17, 15) is 13.2 Å². The van der Waals surface area contributed by atoms with Crippen molar-refractivity contribution in [2.24, 2.45) is 5.92 Å². The number of ether oxygens (including phenoxy) is 1. The molecule has 0 aliphatic heterocycles. The van der Waals surface area contributed by atoms with Gasteiger partial charge in [-0.15, -0.1) is 0 Å². The highest BCUT2D eigenvalue weighted by atomic mass is 35.5. The van der Waals surface area contributed by atoms with Gasteiger partial charge in [0.25, 0.3) is 0 Å². The number of esters is 1. The van der Waals surface area contributed by atoms with Crippen LogP contribution in [0.15, 0.2) is 53.4 Å². The van der Waals surface area contributed by atoms with Crippen molar-refractivity contribution in [3.8, 4) is 0 Å². The first-order chi connectivity index (χ1) is 13.8. The smallest absolute Gasteiger partial charge is 0.337 e. The van der Waals surface area contributed by atoms with Gasteiger partial charge in [-0.2, -0.15) is 4.31 Å². The monoisotopic (exact) mass is 435 g/mol. The first-order valence-corrected chi connectivity index (χ1v) is 11.6. The molecule has 0 aromatic heterocycles. The number of methoxy groups -OCH3 is 1. The molecule has 1 fully saturated rings. The van der Waals surface area contributed by atoms with Crippen LogP contribution in [0.3, 0.4) is 0 Å². The minimum atomic E-state index is -3.70. The lowest BCUT2D eigenvalue weighted by Gasteiger charge is -2.37. The predicted octanol–water partition coefficient (Wildman–Crippen LogP) is 4.90. The van der Waals surface area contributed by atoms with Crippen LogP contribution in [0.4, 0.5) is 0 Å². The highest BCUT2D eigenvalue weighted by Gasteiger charge is 2.35. The maximum absolute atomic E-state index is 13.5. The topological polar surface area (TPSA) is 63.7 Å². The van der Waals surface area contributed by atoms with Gasteiger partial charge in [-0.05, 0) is 60.7 Å². The molecule has 156 valence electrons. The molecule has 2 atom stereocenters. The third kappa shape index (κ3) is 5.00. The largest absolute Gasteiger partial charge is 0.465 e. The van der Waals surface area contributed by atoms with Crippen LogP contribution in [-0.2, 0) is 21.3 Å². The molecule has 0 bridgehead atoms. The Hall–Kier alpha value is -1.89. The minimum absolute atomic E-state index is 0.0651. The Morgan fingerprint density at radius 1 is 1.07 bits per heavy atom. The number of benzene rings is 2. The van der Waals surface area contributed by atoms with Crippen molar-refractivity contribution in [3.63, 3.8) is 0 Å². The highest BCUT2D eigenvalue weighted by molar-refractivity contribution is 7.89. The average molecular weight is 436 g/mol. The quantitative estimate of drug-likeness (QED) is 0.605. The lowest BCUT2D eigenvalue weighted by atomic mass is 9.86. The molecule has 1 aliphatic carbocycles. The molecular formula is C22H26ClNO4S. The van der Waals surface area contributed by atoms with E-state index in [1.165, 1.54) is 7.11 Å². The molecule has 3 rings (SSSR count). The van der Waals surface area contributed by atoms with Crippen LogP contribution < -0.4 is 0 Å². The molecule has 2 aromatic carbocycles. The predicted molar refractivity (Wildman–Crippen MR) is 113 cm³/mol. The molecule has 2 unspecified atom stereocenters. The van der Waals surface area contributed by atoms with E-state index in [1.807, 2.05) is 0 Å². The summed E-state index contributed by atoms with van der Waals surface area (Å²) in [7, 11) is -2.36. The second kappa shape index (κ2) is 9.28. The lowest BCUT2D eigenvalue weighted by Crippen LogP contribution is -2.44. The van der Waals surface area contributed by atoms with Crippen molar-refractivity contribution in [2.45, 2.75) is 50.1 Å². The second-order valence-corrected chi connectivity index (χ2v) is 9.85. The summed E-state index contributed by atoms with van der Waals surface area (Å²) in [6, 6.07) is 13.1. The fraction of sp³-hybridized carbons (Fsp3) is 0.409. The fourth-order valence-electron chi connectivity index (χ4n) is 3.89. The van der Waals surface area contributed by atoms with Gasteiger partial charge in [0.2, 0.25) is 10.0 Å². The molecule has 1 aliphatic rings. The maximum Gasteiger partial charge on any atom is 0.337 e. The zero-order valence-electron chi connectivity index (χ0n) is 16.7. The van der Waals surface area contributed by atoms with E-state index in [-0.39, 0.29) is 23.4 Å². The van der Waals surface area contributed by atoms with E-state index < -0.39 is 16.0 Å². The van der Waals surface area contributed by atoms with Gasteiger partial charge in [0.15, 0.2) is 0 Å². The molecular weight excluding hydrogens is 410 g/mol. The van der Waals surface area contributed by atoms with Crippen molar-refractivity contribution < 1.29 is 17.9 Å². The Kier molecular flexibility index (Phi) is 6.98. The molecule has 0 radical (unpaired) electrons. The molecule has 7 heteroatoms. The highest BCUT2D eigenvalue weighted by Crippen LogP contribution is 2.33. The van der Waals surface area contributed by atoms with E-state index in [0.29, 0.717) is 10.6 Å². The van der Waals surface area contributed by atoms with Crippen molar-refractivity contribution in [1.82, 2.24) is 4.31 Å². The third-order valence-electron chi connectivity index (χ3n) is 5.57. The summed E-state index contributed by atoms with van der Waals surface area (Å²) in [4.78, 5) is 11.9. The summed E-state index contributed by atoms with van der Waals surface area (Å²) in [6.07, 6.45) is 4.00. The summed E-state index contributed by atoms with van der Waals surface area (Å²) >= 11 is 5.95. The molecule has 0 spiro atoms. The average Bonchev–Trinajstić information content (AvgIpc) is 2.73. The third-order valence-corrected chi connectivity index (χ3v) is 7.71. The van der Waals surface area contributed by atoms with E-state index in [1.54, 1.807) is 52.8 Å². The van der Waals surface area contributed by atoms with Crippen LogP contribution in [-0.4, -0.2) is 31.8 Å². The first-order valence-electron chi connectivity index (χ1n) is 9.77. The van der Waals surface area contributed by atoms with Crippen LogP contribution in [0.1, 0.15) is 48.5 Å². The molecule has 5 nitrogen and oxygen atoms in total. The Labute approximate surface area is 177 Å². The van der Waals surface area contributed by atoms with Gasteiger partial charge in [0.1, 0.15) is 0 Å². The number of halogens is 1. The van der Waals surface area contributed by atoms with Gasteiger partial charge < -0.3 is 4.74 Å². The summed E-state index contributed by atoms with van der Waals surface area (Å²) in [5.41, 5.74) is 1.27. The van der Waals surface area contributed by atoms with Crippen molar-refractivity contribution in [3.05, 3.63) is 64.7 Å². The maximum atomic E-state index is 13.5. The lowest BCUT2D eigenvalue weighted by molar-refractivity contribution is 0.0600. The molecule has 0 N–H and O–H groups in total. The summed E-state index contributed by atoms with van der Waals surface area (Å²) < 4.78 is 33.4. The Morgan fingerprint density at radius 3 is 2.28 bits per heavy atom. The number of hydrogen-bond acceptors (Lipinski definition) is 4. The normalized spacial score (nSPS) is 19.9. The number of hydrogen-bond donors (Lipinski definition) is 0. The first kappa shape index (κ1) is 21.8. The molecule has 0 amide bonds. The number of rotatable bonds is 6. The second-order valence-electron chi connectivity index (χ2n) is 7.52. The number of nitrogens with zero attached hydrogens (tertiary/aromatic N) is 1. The van der Waals surface area contributed by atoms with Gasteiger partial charge in [0.05, 0.1) is 17.6 Å². The zero-order valence-corrected chi connectivity index (χ0v) is 18.2. The van der Waals surface area contributed by atoms with Crippen LogP contribution in [0.2, 0.25) is 5.02 Å². The molecule has 29 heavy (non-hydrogen) atoms. The van der Waals surface area contributed by atoms with E-state index in [2.05, 4.69) is 6.92 Å². The van der Waals surface area contributed by atoms with Gasteiger partial charge >= 0.3 is 5.97 Å². The van der Waals surface area contributed by atoms with Crippen molar-refractivity contribution in [2.75, 3.05) is 7.11 Å². The van der Waals surface area contributed by atoms with Gasteiger partial charge in [-0.25, -0.2) is 13.2 Å². The Balaban J connectivity index is 1.95. The fourth-order valence-corrected chi connectivity index (χ4v) is 5.76. The van der Waals surface area contributed by atoms with Crippen LogP contribution >= 0.6 is 11.6 Å². The van der Waals surface area contributed by atoms with Crippen LogP contribution in [0.25, 0.3) is 0 Å². The molecule has 1 saturated carbocycles. The Bertz CT molecular complexity index is 942. The molecule has 0 saturated heterocycles. The van der Waals surface area contributed by atoms with Crippen LogP contribution in [0.5, 0.6) is 0 Å². The van der Waals surface area contributed by atoms with Crippen molar-refractivity contribution >= 4 is 27.6 Å². The number of carbonyl (C=O) groups is 1. The van der Waals surface area contributed by atoms with E-state index in [0.717, 1.165) is 31.2 Å². The van der Waals surface area contributed by atoms with Crippen molar-refractivity contribution in [1.29, 1.82) is 0 Å². The van der Waals surface area contributed by atoms with Gasteiger partial charge in [-0.3, -0.25) is 0 Å². The SMILES string of the molecule is COC(=O)c1ccc(CN(C2CCCCC2C)S(=O)(=O)c2ccc(Cl)cc2)cc1. The van der Waals surface area contributed by atoms with Gasteiger partial charge in [-0.1, -0.05) is 43.5 Å². The summed E-state index contributed by atoms with van der Waals surface area (Å²) in [5.74, 6) is -0.136.